The van der Waals surface area contributed by atoms with E-state index in [9.17, 15) is 0 Å². The Morgan fingerprint density at radius 2 is 2.09 bits per heavy atom. The zero-order chi connectivity index (χ0) is 7.68. The SMILES string of the molecule is [Si]OC1=CCc2ccccc21. The van der Waals surface area contributed by atoms with E-state index in [1.54, 1.807) is 0 Å². The summed E-state index contributed by atoms with van der Waals surface area (Å²) in [7, 11) is 3.02. The standard InChI is InChI=1S/C9H7OSi/c11-10-9-6-5-7-3-1-2-4-8(7)9/h1-4,6H,5H2. The maximum atomic E-state index is 5.00. The Bertz CT molecular complexity index is 304. The van der Waals surface area contributed by atoms with Crippen molar-refractivity contribution in [2.75, 3.05) is 0 Å². The number of hydrogen-bond donors (Lipinski definition) is 0. The lowest BCUT2D eigenvalue weighted by Gasteiger charge is -2.02. The summed E-state index contributed by atoms with van der Waals surface area (Å²) in [6.07, 6.45) is 3.05. The van der Waals surface area contributed by atoms with Crippen molar-refractivity contribution in [1.29, 1.82) is 0 Å². The third kappa shape index (κ3) is 0.993. The lowest BCUT2D eigenvalue weighted by molar-refractivity contribution is 0.574. The molecule has 0 N–H and O–H groups in total. The first-order chi connectivity index (χ1) is 5.42. The zero-order valence-electron chi connectivity index (χ0n) is 6.00. The van der Waals surface area contributed by atoms with Gasteiger partial charge in [-0.05, 0) is 18.1 Å². The highest BCUT2D eigenvalue weighted by Crippen LogP contribution is 2.26. The molecule has 0 aromatic heterocycles. The molecular formula is C9H7OSi. The second-order valence-electron chi connectivity index (χ2n) is 2.53. The van der Waals surface area contributed by atoms with Crippen LogP contribution in [0.4, 0.5) is 0 Å². The van der Waals surface area contributed by atoms with E-state index in [-0.39, 0.29) is 0 Å². The Morgan fingerprint density at radius 1 is 1.27 bits per heavy atom. The Labute approximate surface area is 69.2 Å². The number of allylic oxidation sites excluding steroid dienone is 1. The van der Waals surface area contributed by atoms with Crippen LogP contribution in [0.1, 0.15) is 11.1 Å². The fourth-order valence-corrected chi connectivity index (χ4v) is 1.54. The minimum absolute atomic E-state index is 0.928. The first-order valence-corrected chi connectivity index (χ1v) is 3.94. The molecule has 2 heteroatoms. The van der Waals surface area contributed by atoms with Gasteiger partial charge in [0.1, 0.15) is 5.76 Å². The molecule has 0 spiro atoms. The van der Waals surface area contributed by atoms with E-state index in [2.05, 4.69) is 28.7 Å². The summed E-state index contributed by atoms with van der Waals surface area (Å²) >= 11 is 0. The van der Waals surface area contributed by atoms with Crippen LogP contribution in [-0.4, -0.2) is 10.5 Å². The molecule has 1 aliphatic carbocycles. The van der Waals surface area contributed by atoms with Crippen LogP contribution >= 0.6 is 0 Å². The molecule has 0 saturated heterocycles. The van der Waals surface area contributed by atoms with Gasteiger partial charge in [-0.15, -0.1) is 0 Å². The van der Waals surface area contributed by atoms with Gasteiger partial charge in [-0.3, -0.25) is 0 Å². The van der Waals surface area contributed by atoms with Gasteiger partial charge in [-0.2, -0.15) is 0 Å². The largest absolute Gasteiger partial charge is 0.540 e. The molecule has 53 valence electrons. The van der Waals surface area contributed by atoms with E-state index in [0.717, 1.165) is 12.2 Å². The predicted octanol–water partition coefficient (Wildman–Crippen LogP) is 1.68. The third-order valence-electron chi connectivity index (χ3n) is 1.90. The number of fused-ring (bicyclic) bond motifs is 1. The van der Waals surface area contributed by atoms with Crippen LogP contribution < -0.4 is 0 Å². The van der Waals surface area contributed by atoms with Crippen LogP contribution in [0, 0.1) is 0 Å². The maximum Gasteiger partial charge on any atom is 0.341 e. The Morgan fingerprint density at radius 3 is 2.91 bits per heavy atom. The van der Waals surface area contributed by atoms with Gasteiger partial charge in [0.05, 0.1) is 0 Å². The first kappa shape index (κ1) is 6.67. The smallest absolute Gasteiger partial charge is 0.341 e. The third-order valence-corrected chi connectivity index (χ3v) is 2.12. The molecule has 0 bridgehead atoms. The van der Waals surface area contributed by atoms with Gasteiger partial charge in [0.25, 0.3) is 0 Å². The number of benzene rings is 1. The molecule has 0 fully saturated rings. The molecule has 0 amide bonds. The molecule has 2 rings (SSSR count). The average molecular weight is 159 g/mol. The van der Waals surface area contributed by atoms with Crippen LogP contribution in [0.25, 0.3) is 5.76 Å². The molecule has 0 atom stereocenters. The van der Waals surface area contributed by atoms with Crippen LogP contribution in [-0.2, 0) is 10.8 Å². The van der Waals surface area contributed by atoms with Crippen LogP contribution in [0.15, 0.2) is 30.3 Å². The van der Waals surface area contributed by atoms with Gasteiger partial charge in [0.15, 0.2) is 0 Å². The lowest BCUT2D eigenvalue weighted by atomic mass is 10.1. The van der Waals surface area contributed by atoms with Gasteiger partial charge in [0.2, 0.25) is 0 Å². The van der Waals surface area contributed by atoms with Crippen LogP contribution in [0.2, 0.25) is 0 Å². The zero-order valence-corrected chi connectivity index (χ0v) is 7.00. The summed E-state index contributed by atoms with van der Waals surface area (Å²) in [5, 5.41) is 0. The highest BCUT2D eigenvalue weighted by atomic mass is 28.2. The fourth-order valence-electron chi connectivity index (χ4n) is 1.35. The van der Waals surface area contributed by atoms with E-state index in [1.165, 1.54) is 11.1 Å². The molecule has 1 aliphatic rings. The number of hydrogen-bond acceptors (Lipinski definition) is 1. The van der Waals surface area contributed by atoms with Crippen molar-refractivity contribution in [3.05, 3.63) is 41.5 Å². The summed E-state index contributed by atoms with van der Waals surface area (Å²) in [5.74, 6) is 0.928. The molecule has 0 unspecified atom stereocenters. The van der Waals surface area contributed by atoms with Gasteiger partial charge in [0, 0.05) is 5.56 Å². The van der Waals surface area contributed by atoms with Crippen molar-refractivity contribution in [3.8, 4) is 0 Å². The van der Waals surface area contributed by atoms with E-state index in [0.29, 0.717) is 0 Å². The van der Waals surface area contributed by atoms with Gasteiger partial charge >= 0.3 is 10.5 Å². The van der Waals surface area contributed by atoms with Crippen molar-refractivity contribution < 1.29 is 4.43 Å². The summed E-state index contributed by atoms with van der Waals surface area (Å²) < 4.78 is 5.00. The van der Waals surface area contributed by atoms with Crippen molar-refractivity contribution in [3.63, 3.8) is 0 Å². The summed E-state index contributed by atoms with van der Waals surface area (Å²) in [4.78, 5) is 0. The number of rotatable bonds is 1. The normalized spacial score (nSPS) is 14.1. The van der Waals surface area contributed by atoms with E-state index >= 15 is 0 Å². The molecule has 3 radical (unpaired) electrons. The Hall–Kier alpha value is -1.02. The fraction of sp³-hybridized carbons (Fsp3) is 0.111. The van der Waals surface area contributed by atoms with E-state index in [1.807, 2.05) is 12.1 Å². The summed E-state index contributed by atoms with van der Waals surface area (Å²) in [6, 6.07) is 8.24. The predicted molar refractivity (Wildman–Crippen MR) is 45.0 cm³/mol. The Balaban J connectivity index is 2.48. The summed E-state index contributed by atoms with van der Waals surface area (Å²) in [6.45, 7) is 0. The maximum absolute atomic E-state index is 5.00. The van der Waals surface area contributed by atoms with Gasteiger partial charge in [-0.25, -0.2) is 0 Å². The summed E-state index contributed by atoms with van der Waals surface area (Å²) in [5.41, 5.74) is 2.53. The van der Waals surface area contributed by atoms with Crippen molar-refractivity contribution in [1.82, 2.24) is 0 Å². The van der Waals surface area contributed by atoms with Gasteiger partial charge in [-0.1, -0.05) is 24.3 Å². The molecule has 1 nitrogen and oxygen atoms in total. The van der Waals surface area contributed by atoms with Crippen molar-refractivity contribution >= 4 is 16.2 Å². The van der Waals surface area contributed by atoms with Crippen molar-refractivity contribution in [2.24, 2.45) is 0 Å². The average Bonchev–Trinajstić information content (AvgIpc) is 2.47. The van der Waals surface area contributed by atoms with Crippen molar-refractivity contribution in [2.45, 2.75) is 6.42 Å². The molecule has 0 heterocycles. The highest BCUT2D eigenvalue weighted by Gasteiger charge is 2.11. The molecule has 1 aromatic carbocycles. The van der Waals surface area contributed by atoms with Crippen LogP contribution in [0.5, 0.6) is 0 Å². The second-order valence-corrected chi connectivity index (χ2v) is 2.74. The topological polar surface area (TPSA) is 9.23 Å². The Kier molecular flexibility index (Phi) is 1.54. The highest BCUT2D eigenvalue weighted by molar-refractivity contribution is 6.02. The quantitative estimate of drug-likeness (QED) is 0.566. The second kappa shape index (κ2) is 2.55. The minimum atomic E-state index is 0.928. The van der Waals surface area contributed by atoms with E-state index in [4.69, 9.17) is 4.43 Å². The minimum Gasteiger partial charge on any atom is -0.540 e. The molecule has 0 saturated carbocycles. The first-order valence-electron chi connectivity index (χ1n) is 3.54. The monoisotopic (exact) mass is 159 g/mol. The van der Waals surface area contributed by atoms with E-state index < -0.39 is 0 Å². The molecular weight excluding hydrogens is 152 g/mol. The molecule has 11 heavy (non-hydrogen) atoms. The molecule has 0 aliphatic heterocycles. The molecule has 1 aromatic rings. The lowest BCUT2D eigenvalue weighted by Crippen LogP contribution is -1.85. The van der Waals surface area contributed by atoms with Gasteiger partial charge < -0.3 is 4.43 Å². The van der Waals surface area contributed by atoms with Crippen LogP contribution in [0.3, 0.4) is 0 Å².